The lowest BCUT2D eigenvalue weighted by Gasteiger charge is -2.50. The number of hydrogen-bond acceptors (Lipinski definition) is 6. The number of ether oxygens (including phenoxy) is 4. The lowest BCUT2D eigenvalue weighted by molar-refractivity contribution is -0.884. The monoisotopic (exact) mass is 784 g/mol. The lowest BCUT2D eigenvalue weighted by atomic mass is 9.97. The summed E-state index contributed by atoms with van der Waals surface area (Å²) in [5.74, 6) is 0.744. The normalized spacial score (nSPS) is 22.4. The third kappa shape index (κ3) is 9.30. The molecule has 0 spiro atoms. The van der Waals surface area contributed by atoms with Gasteiger partial charge in [-0.2, -0.15) is 0 Å². The van der Waals surface area contributed by atoms with E-state index in [4.69, 9.17) is 28.0 Å². The minimum Gasteiger partial charge on any atom is -0.461 e. The van der Waals surface area contributed by atoms with Crippen LogP contribution >= 0.6 is 16.3 Å². The Hall–Kier alpha value is -4.26. The molecule has 56 heavy (non-hydrogen) atoms. The Labute approximate surface area is 333 Å². The maximum atomic E-state index is 7.59. The van der Waals surface area contributed by atoms with Gasteiger partial charge in [-0.1, -0.05) is 164 Å². The second-order valence-corrected chi connectivity index (χ2v) is 18.6. The number of fused-ring (bicyclic) bond motifs is 1. The molecule has 0 aromatic heterocycles. The molecule has 0 saturated carbocycles. The number of benzene rings is 6. The maximum Gasteiger partial charge on any atom is 0.229 e. The van der Waals surface area contributed by atoms with Gasteiger partial charge in [0.1, 0.15) is 30.6 Å². The molecule has 0 aliphatic carbocycles. The Kier molecular flexibility index (Phi) is 12.3. The van der Waals surface area contributed by atoms with Crippen molar-refractivity contribution >= 4 is 37.5 Å². The molecule has 6 aromatic rings. The molecule has 7 nitrogen and oxygen atoms in total. The van der Waals surface area contributed by atoms with Crippen molar-refractivity contribution in [3.8, 4) is 5.75 Å². The molecule has 2 saturated heterocycles. The van der Waals surface area contributed by atoms with Crippen molar-refractivity contribution in [1.29, 1.82) is 0 Å². The van der Waals surface area contributed by atoms with Gasteiger partial charge < -0.3 is 32.5 Å². The summed E-state index contributed by atoms with van der Waals surface area (Å²) in [5, 5.41) is 4.31. The Bertz CT molecular complexity index is 2030. The van der Waals surface area contributed by atoms with Crippen molar-refractivity contribution in [1.82, 2.24) is 0 Å². The second kappa shape index (κ2) is 17.9. The highest BCUT2D eigenvalue weighted by Crippen LogP contribution is 2.48. The van der Waals surface area contributed by atoms with E-state index in [1.54, 1.807) is 0 Å². The van der Waals surface area contributed by atoms with Crippen molar-refractivity contribution < 1.29 is 32.5 Å². The molecule has 2 aliphatic rings. The molecular weight excluding hydrogens is 736 g/mol. The quantitative estimate of drug-likeness (QED) is 0.0876. The van der Waals surface area contributed by atoms with E-state index in [0.717, 1.165) is 49.1 Å². The molecule has 0 bridgehead atoms. The average Bonchev–Trinajstić information content (AvgIpc) is 3.24. The average molecular weight is 785 g/mol. The first-order valence-corrected chi connectivity index (χ1v) is 21.6. The van der Waals surface area contributed by atoms with Gasteiger partial charge in [-0.3, -0.25) is 0 Å². The van der Waals surface area contributed by atoms with E-state index in [9.17, 15) is 0 Å². The highest BCUT2D eigenvalue weighted by Gasteiger charge is 2.54. The van der Waals surface area contributed by atoms with Crippen LogP contribution in [0, 0.1) is 0 Å². The Morgan fingerprint density at radius 1 is 0.536 bits per heavy atom. The Morgan fingerprint density at radius 3 is 1.48 bits per heavy atom. The lowest BCUT2D eigenvalue weighted by Crippen LogP contribution is -2.64. The van der Waals surface area contributed by atoms with Crippen LogP contribution in [0.2, 0.25) is 0 Å². The summed E-state index contributed by atoms with van der Waals surface area (Å²) < 4.78 is 43.3. The molecule has 0 amide bonds. The summed E-state index contributed by atoms with van der Waals surface area (Å²) in [5.41, 5.74) is 2.01. The van der Waals surface area contributed by atoms with Crippen LogP contribution in [0.4, 0.5) is 0 Å². The Balaban J connectivity index is 1.27. The molecule has 0 radical (unpaired) electrons. The van der Waals surface area contributed by atoms with Gasteiger partial charge in [0.25, 0.3) is 0 Å². The van der Waals surface area contributed by atoms with E-state index in [-0.39, 0.29) is 6.61 Å². The second-order valence-electron chi connectivity index (χ2n) is 15.0. The topological polar surface area (TPSA) is 55.4 Å². The van der Waals surface area contributed by atoms with Gasteiger partial charge in [0, 0.05) is 32.3 Å². The zero-order valence-electron chi connectivity index (χ0n) is 31.9. The summed E-state index contributed by atoms with van der Waals surface area (Å²) in [6.07, 6.45) is -3.90. The summed E-state index contributed by atoms with van der Waals surface area (Å²) in [6, 6.07) is 60.0. The predicted octanol–water partition coefficient (Wildman–Crippen LogP) is 7.98. The standard InChI is InChI=1S/C47H48NO6P2/c1-48(2,3)33-36-23-19-20-32-41(36)50-47-45(54-56(39-28-15-7-16-29-39)40-30-17-8-18-31-40)44(43-42(51-47)34-49-46(52-43)35-21-9-4-10-22-35)53-55(37-24-11-5-12-25-37)38-26-13-6-14-27-38/h4-32,42-47H,33-34H2,1-3H3/q+1. The van der Waals surface area contributed by atoms with Crippen molar-refractivity contribution in [2.75, 3.05) is 27.7 Å². The summed E-state index contributed by atoms with van der Waals surface area (Å²) in [7, 11) is 3.82. The molecule has 0 N–H and O–H groups in total. The SMILES string of the molecule is C[N+](C)(C)Cc1ccccc1OC1OC2COC(c3ccccc3)OC2C(OP(c2ccccc2)c2ccccc2)C1OP(c1ccccc1)c1ccccc1. The highest BCUT2D eigenvalue weighted by molar-refractivity contribution is 7.69. The van der Waals surface area contributed by atoms with E-state index >= 15 is 0 Å². The molecule has 6 aromatic carbocycles. The highest BCUT2D eigenvalue weighted by atomic mass is 31.1. The minimum atomic E-state index is -1.37. The summed E-state index contributed by atoms with van der Waals surface area (Å²) in [4.78, 5) is 0. The van der Waals surface area contributed by atoms with Crippen LogP contribution in [0.5, 0.6) is 5.75 Å². The van der Waals surface area contributed by atoms with Gasteiger partial charge in [0.2, 0.25) is 6.29 Å². The Morgan fingerprint density at radius 2 is 0.982 bits per heavy atom. The molecule has 2 heterocycles. The van der Waals surface area contributed by atoms with Crippen LogP contribution in [-0.4, -0.2) is 62.9 Å². The van der Waals surface area contributed by atoms with Crippen LogP contribution in [0.3, 0.4) is 0 Å². The van der Waals surface area contributed by atoms with Crippen LogP contribution in [0.1, 0.15) is 17.4 Å². The van der Waals surface area contributed by atoms with Gasteiger partial charge >= 0.3 is 0 Å². The minimum absolute atomic E-state index is 0.290. The molecule has 6 atom stereocenters. The van der Waals surface area contributed by atoms with Crippen LogP contribution < -0.4 is 26.0 Å². The fourth-order valence-corrected chi connectivity index (χ4v) is 10.9. The van der Waals surface area contributed by atoms with Crippen molar-refractivity contribution in [3.05, 3.63) is 187 Å². The molecular formula is C47H48NO6P2+. The maximum absolute atomic E-state index is 7.59. The number of nitrogens with zero attached hydrogens (tertiary/aromatic N) is 1. The molecule has 2 aliphatic heterocycles. The number of quaternary nitrogens is 1. The van der Waals surface area contributed by atoms with Gasteiger partial charge in [-0.25, -0.2) is 0 Å². The largest absolute Gasteiger partial charge is 0.461 e. The zero-order chi connectivity index (χ0) is 38.3. The molecule has 9 heteroatoms. The van der Waals surface area contributed by atoms with E-state index in [0.29, 0.717) is 0 Å². The third-order valence-corrected chi connectivity index (χ3v) is 13.6. The smallest absolute Gasteiger partial charge is 0.229 e. The van der Waals surface area contributed by atoms with Crippen molar-refractivity contribution in [2.45, 2.75) is 43.5 Å². The summed E-state index contributed by atoms with van der Waals surface area (Å²) in [6.45, 7) is 1.05. The van der Waals surface area contributed by atoms with Crippen LogP contribution in [-0.2, 0) is 29.8 Å². The first-order chi connectivity index (χ1) is 27.4. The number of rotatable bonds is 13. The fourth-order valence-electron chi connectivity index (χ4n) is 7.08. The molecule has 286 valence electrons. The fraction of sp³-hybridized carbons (Fsp3) is 0.234. The van der Waals surface area contributed by atoms with Gasteiger partial charge in [-0.15, -0.1) is 0 Å². The third-order valence-electron chi connectivity index (χ3n) is 9.63. The molecule has 6 unspecified atom stereocenters. The summed E-state index contributed by atoms with van der Waals surface area (Å²) >= 11 is 0. The van der Waals surface area contributed by atoms with E-state index in [1.807, 2.05) is 66.7 Å². The van der Waals surface area contributed by atoms with E-state index in [2.05, 4.69) is 130 Å². The van der Waals surface area contributed by atoms with Crippen molar-refractivity contribution in [2.24, 2.45) is 0 Å². The first-order valence-electron chi connectivity index (χ1n) is 19.1. The van der Waals surface area contributed by atoms with Crippen LogP contribution in [0.15, 0.2) is 176 Å². The van der Waals surface area contributed by atoms with Gasteiger partial charge in [-0.05, 0) is 12.1 Å². The predicted molar refractivity (Wildman–Crippen MR) is 225 cm³/mol. The van der Waals surface area contributed by atoms with Gasteiger partial charge in [0.05, 0.1) is 44.0 Å². The number of hydrogen-bond donors (Lipinski definition) is 0. The molecule has 2 fully saturated rings. The first kappa shape index (κ1) is 38.6. The van der Waals surface area contributed by atoms with Crippen molar-refractivity contribution in [3.63, 3.8) is 0 Å². The van der Waals surface area contributed by atoms with Crippen LogP contribution in [0.25, 0.3) is 0 Å². The zero-order valence-corrected chi connectivity index (χ0v) is 33.7. The van der Waals surface area contributed by atoms with Gasteiger partial charge in [0.15, 0.2) is 12.4 Å². The molecule has 8 rings (SSSR count). The number of para-hydroxylation sites is 1. The van der Waals surface area contributed by atoms with E-state index < -0.39 is 53.3 Å². The van der Waals surface area contributed by atoms with E-state index in [1.165, 1.54) is 0 Å².